The Morgan fingerprint density at radius 2 is 0.415 bits per heavy atom. The van der Waals surface area contributed by atoms with Crippen LogP contribution in [0.1, 0.15) is 77.0 Å². The van der Waals surface area contributed by atoms with Crippen molar-refractivity contribution in [2.45, 2.75) is 77.0 Å². The average molecular weight is 619 g/mol. The summed E-state index contributed by atoms with van der Waals surface area (Å²) in [5.74, 6) is 0. The van der Waals surface area contributed by atoms with E-state index in [0.717, 1.165) is 132 Å². The van der Waals surface area contributed by atoms with Crippen LogP contribution in [0.3, 0.4) is 0 Å². The van der Waals surface area contributed by atoms with E-state index >= 15 is 0 Å². The molecule has 0 aliphatic rings. The lowest BCUT2D eigenvalue weighted by atomic mass is 10.2. The number of hydrogen-bond acceptors (Lipinski definition) is 13. The van der Waals surface area contributed by atoms with Gasteiger partial charge in [-0.2, -0.15) is 0 Å². The molecule has 0 aromatic heterocycles. The fourth-order valence-electron chi connectivity index (χ4n) is 2.01. The molecular weight excluding hydrogens is 544 g/mol. The van der Waals surface area contributed by atoms with E-state index in [0.29, 0.717) is 13.2 Å². The second-order valence-electron chi connectivity index (χ2n) is 6.84. The smallest absolute Gasteiger partial charge is 0.0463 e. The zero-order chi connectivity index (χ0) is 34.3. The fraction of sp³-hybridized carbons (Fsp3) is 1.00. The fourth-order valence-corrected chi connectivity index (χ4v) is 2.01. The molecule has 41 heavy (non-hydrogen) atoms. The predicted octanol–water partition coefficient (Wildman–Crippen LogP) is 0.570. The van der Waals surface area contributed by atoms with Crippen LogP contribution in [-0.4, -0.2) is 161 Å². The van der Waals surface area contributed by atoms with Gasteiger partial charge in [0.05, 0.1) is 0 Å². The quantitative estimate of drug-likeness (QED) is 0.0894. The van der Waals surface area contributed by atoms with Crippen molar-refractivity contribution < 1.29 is 65.3 Å². The lowest BCUT2D eigenvalue weighted by molar-refractivity contribution is 0.181. The van der Waals surface area contributed by atoms with Crippen molar-refractivity contribution in [1.82, 2.24) is 0 Å². The Hall–Kier alpha value is -0.520. The Morgan fingerprint density at radius 3 is 0.585 bits per heavy atom. The third-order valence-electron chi connectivity index (χ3n) is 3.84. The minimum Gasteiger partial charge on any atom is -0.400 e. The van der Waals surface area contributed by atoms with Crippen molar-refractivity contribution >= 4 is 0 Å². The number of rotatable bonds is 19. The highest BCUT2D eigenvalue weighted by Crippen LogP contribution is 1.96. The summed E-state index contributed by atoms with van der Waals surface area (Å²) in [7, 11) is 10.1. The molecule has 0 aromatic rings. The summed E-state index contributed by atoms with van der Waals surface area (Å²) < 4.78 is 14.3. The van der Waals surface area contributed by atoms with Crippen LogP contribution in [0.5, 0.6) is 0 Å². The molecule has 13 nitrogen and oxygen atoms in total. The second kappa shape index (κ2) is 116. The summed E-state index contributed by atoms with van der Waals surface area (Å²) in [4.78, 5) is 0. The number of aliphatic hydroxyl groups is 10. The number of methoxy groups -OCH3 is 3. The molecule has 0 bridgehead atoms. The van der Waals surface area contributed by atoms with Crippen molar-refractivity contribution in [1.29, 1.82) is 0 Å². The first-order valence-corrected chi connectivity index (χ1v) is 13.9. The highest BCUT2D eigenvalue weighted by molar-refractivity contribution is 4.39. The zero-order valence-electron chi connectivity index (χ0n) is 27.8. The molecule has 0 aliphatic heterocycles. The van der Waals surface area contributed by atoms with Crippen LogP contribution in [0.2, 0.25) is 0 Å². The van der Waals surface area contributed by atoms with E-state index in [-0.39, 0.29) is 19.8 Å². The maximum Gasteiger partial charge on any atom is 0.0463 e. The predicted molar refractivity (Wildman–Crippen MR) is 167 cm³/mol. The van der Waals surface area contributed by atoms with Crippen molar-refractivity contribution in [2.24, 2.45) is 0 Å². The SMILES string of the molecule is CO.CO.CO.CO.CO.COCCCCCO.COCCCCCO.COCCCCO.OCCCCCCO. The van der Waals surface area contributed by atoms with Crippen molar-refractivity contribution in [3.63, 3.8) is 0 Å². The zero-order valence-corrected chi connectivity index (χ0v) is 27.8. The summed E-state index contributed by atoms with van der Waals surface area (Å²) in [6.45, 7) is 3.87. The van der Waals surface area contributed by atoms with E-state index in [1.165, 1.54) is 0 Å². The molecule has 0 radical (unpaired) electrons. The molecule has 13 heteroatoms. The van der Waals surface area contributed by atoms with Gasteiger partial charge in [0.2, 0.25) is 0 Å². The lowest BCUT2D eigenvalue weighted by Gasteiger charge is -1.94. The van der Waals surface area contributed by atoms with Gasteiger partial charge in [-0.25, -0.2) is 0 Å². The van der Waals surface area contributed by atoms with Crippen LogP contribution in [0.4, 0.5) is 0 Å². The first kappa shape index (κ1) is 63.7. The molecule has 0 saturated heterocycles. The van der Waals surface area contributed by atoms with E-state index in [4.69, 9.17) is 65.3 Å². The molecule has 0 aliphatic carbocycles. The largest absolute Gasteiger partial charge is 0.400 e. The third kappa shape index (κ3) is 162. The summed E-state index contributed by atoms with van der Waals surface area (Å²) in [5, 5.41) is 76.5. The Kier molecular flexibility index (Phi) is 180. The van der Waals surface area contributed by atoms with Gasteiger partial charge in [-0.3, -0.25) is 0 Å². The van der Waals surface area contributed by atoms with Crippen LogP contribution in [0.15, 0.2) is 0 Å². The van der Waals surface area contributed by atoms with Gasteiger partial charge in [0.1, 0.15) is 0 Å². The van der Waals surface area contributed by atoms with Crippen LogP contribution in [0, 0.1) is 0 Å². The molecule has 0 heterocycles. The van der Waals surface area contributed by atoms with E-state index in [2.05, 4.69) is 0 Å². The molecule has 0 spiro atoms. The lowest BCUT2D eigenvalue weighted by Crippen LogP contribution is -1.89. The summed E-state index contributed by atoms with van der Waals surface area (Å²) >= 11 is 0. The van der Waals surface area contributed by atoms with Crippen molar-refractivity contribution in [3.05, 3.63) is 0 Å². The molecule has 0 rings (SSSR count). The summed E-state index contributed by atoms with van der Waals surface area (Å²) in [6.07, 6.45) is 11.7. The van der Waals surface area contributed by atoms with Gasteiger partial charge in [0, 0.05) is 110 Å². The standard InChI is InChI=1S/3C6H14O2.C5H12O2.5CH4O/c2*1-8-6-4-2-3-5-7;7-5-3-1-2-4-6-8;1-7-5-3-2-4-6;5*1-2/h2*7H,2-6H2,1H3;7-8H,1-6H2;6H,2-5H2,1H3;5*2H,1H3. The van der Waals surface area contributed by atoms with Crippen LogP contribution >= 0.6 is 0 Å². The number of aliphatic hydroxyl groups excluding tert-OH is 10. The maximum atomic E-state index is 8.32. The Bertz CT molecular complexity index is 195. The van der Waals surface area contributed by atoms with E-state index in [1.54, 1.807) is 21.3 Å². The molecule has 0 amide bonds. The molecule has 0 unspecified atom stereocenters. The molecule has 0 atom stereocenters. The van der Waals surface area contributed by atoms with E-state index < -0.39 is 0 Å². The van der Waals surface area contributed by atoms with E-state index in [1.807, 2.05) is 0 Å². The van der Waals surface area contributed by atoms with Gasteiger partial charge in [-0.05, 0) is 64.2 Å². The molecule has 0 aromatic carbocycles. The highest BCUT2D eigenvalue weighted by Gasteiger charge is 1.85. The van der Waals surface area contributed by atoms with Crippen LogP contribution in [0.25, 0.3) is 0 Å². The number of ether oxygens (including phenoxy) is 3. The van der Waals surface area contributed by atoms with Gasteiger partial charge in [0.15, 0.2) is 0 Å². The van der Waals surface area contributed by atoms with Gasteiger partial charge in [-0.1, -0.05) is 12.8 Å². The van der Waals surface area contributed by atoms with E-state index in [9.17, 15) is 0 Å². The normalized spacial score (nSPS) is 8.05. The molecular formula is C28H74O13. The van der Waals surface area contributed by atoms with Gasteiger partial charge in [-0.15, -0.1) is 0 Å². The molecule has 264 valence electrons. The van der Waals surface area contributed by atoms with Gasteiger partial charge >= 0.3 is 0 Å². The minimum atomic E-state index is 0.281. The Balaban J connectivity index is -0.0000000430. The van der Waals surface area contributed by atoms with Crippen molar-refractivity contribution in [3.8, 4) is 0 Å². The first-order chi connectivity index (χ1) is 20.2. The molecule has 0 saturated carbocycles. The Labute approximate surface area is 252 Å². The summed E-state index contributed by atoms with van der Waals surface area (Å²) in [6, 6.07) is 0. The first-order valence-electron chi connectivity index (χ1n) is 13.9. The average Bonchev–Trinajstić information content (AvgIpc) is 3.06. The molecule has 10 N–H and O–H groups in total. The van der Waals surface area contributed by atoms with Gasteiger partial charge in [0.25, 0.3) is 0 Å². The maximum absolute atomic E-state index is 8.32. The monoisotopic (exact) mass is 619 g/mol. The number of hydrogen-bond donors (Lipinski definition) is 10. The van der Waals surface area contributed by atoms with Crippen molar-refractivity contribution in [2.75, 3.05) is 110 Å². The summed E-state index contributed by atoms with van der Waals surface area (Å²) in [5.41, 5.74) is 0. The topological polar surface area (TPSA) is 230 Å². The molecule has 0 fully saturated rings. The Morgan fingerprint density at radius 1 is 0.268 bits per heavy atom. The van der Waals surface area contributed by atoms with Gasteiger partial charge < -0.3 is 65.3 Å². The second-order valence-corrected chi connectivity index (χ2v) is 6.84. The minimum absolute atomic E-state index is 0.281. The third-order valence-corrected chi connectivity index (χ3v) is 3.84. The van der Waals surface area contributed by atoms with Crippen LogP contribution in [-0.2, 0) is 14.2 Å². The highest BCUT2D eigenvalue weighted by atomic mass is 16.5. The van der Waals surface area contributed by atoms with Crippen LogP contribution < -0.4 is 0 Å². The number of unbranched alkanes of at least 4 members (excludes halogenated alkanes) is 8.